The summed E-state index contributed by atoms with van der Waals surface area (Å²) in [5, 5.41) is 6.25. The van der Waals surface area contributed by atoms with Crippen molar-refractivity contribution in [3.05, 3.63) is 96.6 Å². The Morgan fingerprint density at radius 3 is 2.03 bits per heavy atom. The number of hydrogen-bond acceptors (Lipinski definition) is 5. The van der Waals surface area contributed by atoms with Gasteiger partial charge in [0.2, 0.25) is 0 Å². The predicted octanol–water partition coefficient (Wildman–Crippen LogP) is 5.39. The van der Waals surface area contributed by atoms with Crippen LogP contribution in [0, 0.1) is 0 Å². The molecule has 7 nitrogen and oxygen atoms in total. The smallest absolute Gasteiger partial charge is 0.255 e. The number of H-pyrrole nitrogens is 1. The predicted molar refractivity (Wildman–Crippen MR) is 134 cm³/mol. The molecule has 7 heteroatoms. The van der Waals surface area contributed by atoms with E-state index in [4.69, 9.17) is 16.5 Å². The lowest BCUT2D eigenvalue weighted by molar-refractivity contribution is 0.102. The Morgan fingerprint density at radius 1 is 0.727 bits per heavy atom. The molecule has 0 aliphatic rings. The SMILES string of the molecule is Nc1ccc(Nc2ccc3[nH]c(-c4ccc(NC(=O)c5ccc(N)cc5)cc4)nc3c2)cc1. The number of amides is 1. The topological polar surface area (TPSA) is 122 Å². The fraction of sp³-hybridized carbons (Fsp3) is 0. The molecule has 1 amide bonds. The summed E-state index contributed by atoms with van der Waals surface area (Å²) in [5.41, 5.74) is 18.6. The van der Waals surface area contributed by atoms with Crippen molar-refractivity contribution in [3.63, 3.8) is 0 Å². The van der Waals surface area contributed by atoms with E-state index in [2.05, 4.69) is 15.6 Å². The van der Waals surface area contributed by atoms with Gasteiger partial charge in [-0.15, -0.1) is 0 Å². The summed E-state index contributed by atoms with van der Waals surface area (Å²) in [6.45, 7) is 0. The first-order chi connectivity index (χ1) is 16.0. The maximum atomic E-state index is 12.4. The number of nitrogens with one attached hydrogen (secondary N) is 3. The molecule has 7 N–H and O–H groups in total. The van der Waals surface area contributed by atoms with Crippen molar-refractivity contribution in [1.29, 1.82) is 0 Å². The minimum atomic E-state index is -0.187. The monoisotopic (exact) mass is 434 g/mol. The van der Waals surface area contributed by atoms with Gasteiger partial charge in [-0.1, -0.05) is 0 Å². The zero-order valence-electron chi connectivity index (χ0n) is 17.7. The van der Waals surface area contributed by atoms with Crippen molar-refractivity contribution >= 4 is 45.4 Å². The molecule has 1 aromatic heterocycles. The van der Waals surface area contributed by atoms with Gasteiger partial charge in [-0.2, -0.15) is 0 Å². The summed E-state index contributed by atoms with van der Waals surface area (Å²) in [4.78, 5) is 20.5. The molecule has 0 bridgehead atoms. The summed E-state index contributed by atoms with van der Waals surface area (Å²) in [7, 11) is 0. The van der Waals surface area contributed by atoms with Gasteiger partial charge in [0.15, 0.2) is 0 Å². The maximum absolute atomic E-state index is 12.4. The number of imidazole rings is 1. The number of benzene rings is 4. The Hall–Kier alpha value is -4.78. The van der Waals surface area contributed by atoms with Crippen LogP contribution >= 0.6 is 0 Å². The number of nitrogen functional groups attached to an aromatic ring is 2. The van der Waals surface area contributed by atoms with Crippen molar-refractivity contribution in [1.82, 2.24) is 9.97 Å². The quantitative estimate of drug-likeness (QED) is 0.237. The van der Waals surface area contributed by atoms with Crippen LogP contribution in [-0.2, 0) is 0 Å². The van der Waals surface area contributed by atoms with Crippen LogP contribution in [0.4, 0.5) is 28.4 Å². The number of nitrogens with zero attached hydrogens (tertiary/aromatic N) is 1. The van der Waals surface area contributed by atoms with E-state index in [-0.39, 0.29) is 5.91 Å². The van der Waals surface area contributed by atoms with Crippen LogP contribution in [0.5, 0.6) is 0 Å². The normalized spacial score (nSPS) is 10.8. The second-order valence-corrected chi connectivity index (χ2v) is 7.72. The average Bonchev–Trinajstić information content (AvgIpc) is 3.25. The van der Waals surface area contributed by atoms with Gasteiger partial charge >= 0.3 is 0 Å². The number of aromatic amines is 1. The second-order valence-electron chi connectivity index (χ2n) is 7.72. The average molecular weight is 435 g/mol. The molecule has 0 aliphatic heterocycles. The highest BCUT2D eigenvalue weighted by Gasteiger charge is 2.09. The van der Waals surface area contributed by atoms with Crippen LogP contribution in [-0.4, -0.2) is 15.9 Å². The molecule has 0 aliphatic carbocycles. The summed E-state index contributed by atoms with van der Waals surface area (Å²) in [6.07, 6.45) is 0. The van der Waals surface area contributed by atoms with Gasteiger partial charge < -0.3 is 27.1 Å². The molecule has 4 aromatic carbocycles. The van der Waals surface area contributed by atoms with Gasteiger partial charge in [0, 0.05) is 39.6 Å². The van der Waals surface area contributed by atoms with Gasteiger partial charge in [-0.05, 0) is 91.0 Å². The van der Waals surface area contributed by atoms with Crippen molar-refractivity contribution in [2.45, 2.75) is 0 Å². The number of carbonyl (C=O) groups excluding carboxylic acids is 1. The number of rotatable bonds is 5. The number of carbonyl (C=O) groups is 1. The third kappa shape index (κ3) is 4.47. The van der Waals surface area contributed by atoms with Crippen LogP contribution < -0.4 is 22.1 Å². The molecular formula is C26H22N6O. The first-order valence-electron chi connectivity index (χ1n) is 10.4. The number of fused-ring (bicyclic) bond motifs is 1. The van der Waals surface area contributed by atoms with Crippen molar-refractivity contribution in [3.8, 4) is 11.4 Å². The van der Waals surface area contributed by atoms with Crippen LogP contribution in [0.3, 0.4) is 0 Å². The first kappa shape index (κ1) is 20.1. The molecule has 0 saturated carbocycles. The van der Waals surface area contributed by atoms with Gasteiger partial charge in [0.05, 0.1) is 11.0 Å². The van der Waals surface area contributed by atoms with E-state index in [0.29, 0.717) is 16.9 Å². The second kappa shape index (κ2) is 8.39. The molecule has 0 radical (unpaired) electrons. The van der Waals surface area contributed by atoms with E-state index < -0.39 is 0 Å². The molecule has 0 fully saturated rings. The summed E-state index contributed by atoms with van der Waals surface area (Å²) in [6, 6.07) is 27.9. The molecule has 1 heterocycles. The highest BCUT2D eigenvalue weighted by Crippen LogP contribution is 2.26. The van der Waals surface area contributed by atoms with E-state index in [9.17, 15) is 4.79 Å². The number of nitrogens with two attached hydrogens (primary N) is 2. The number of hydrogen-bond donors (Lipinski definition) is 5. The summed E-state index contributed by atoms with van der Waals surface area (Å²) >= 11 is 0. The van der Waals surface area contributed by atoms with E-state index in [0.717, 1.165) is 39.5 Å². The van der Waals surface area contributed by atoms with E-state index in [1.54, 1.807) is 24.3 Å². The number of anilines is 5. The zero-order chi connectivity index (χ0) is 22.8. The minimum Gasteiger partial charge on any atom is -0.399 e. The fourth-order valence-electron chi connectivity index (χ4n) is 3.50. The summed E-state index contributed by atoms with van der Waals surface area (Å²) in [5.74, 6) is 0.568. The highest BCUT2D eigenvalue weighted by molar-refractivity contribution is 6.04. The molecular weight excluding hydrogens is 412 g/mol. The van der Waals surface area contributed by atoms with Gasteiger partial charge in [-0.25, -0.2) is 4.98 Å². The Bertz CT molecular complexity index is 1420. The minimum absolute atomic E-state index is 0.187. The van der Waals surface area contributed by atoms with Crippen molar-refractivity contribution in [2.75, 3.05) is 22.1 Å². The van der Waals surface area contributed by atoms with Crippen LogP contribution in [0.1, 0.15) is 10.4 Å². The molecule has 0 unspecified atom stereocenters. The lowest BCUT2D eigenvalue weighted by atomic mass is 10.1. The van der Waals surface area contributed by atoms with E-state index in [1.807, 2.05) is 66.7 Å². The fourth-order valence-corrected chi connectivity index (χ4v) is 3.50. The lowest BCUT2D eigenvalue weighted by Gasteiger charge is -2.06. The first-order valence-corrected chi connectivity index (χ1v) is 10.4. The Balaban J connectivity index is 1.31. The molecule has 33 heavy (non-hydrogen) atoms. The highest BCUT2D eigenvalue weighted by atomic mass is 16.1. The van der Waals surface area contributed by atoms with Crippen LogP contribution in [0.2, 0.25) is 0 Å². The largest absolute Gasteiger partial charge is 0.399 e. The molecule has 5 aromatic rings. The summed E-state index contributed by atoms with van der Waals surface area (Å²) < 4.78 is 0. The zero-order valence-corrected chi connectivity index (χ0v) is 17.7. The number of aromatic nitrogens is 2. The molecule has 162 valence electrons. The van der Waals surface area contributed by atoms with Crippen LogP contribution in [0.15, 0.2) is 91.0 Å². The van der Waals surface area contributed by atoms with Gasteiger partial charge in [0.25, 0.3) is 5.91 Å². The molecule has 0 saturated heterocycles. The Labute approximate surface area is 190 Å². The van der Waals surface area contributed by atoms with E-state index in [1.165, 1.54) is 0 Å². The van der Waals surface area contributed by atoms with Gasteiger partial charge in [0.1, 0.15) is 5.82 Å². The van der Waals surface area contributed by atoms with Crippen molar-refractivity contribution in [2.24, 2.45) is 0 Å². The molecule has 5 rings (SSSR count). The van der Waals surface area contributed by atoms with Crippen molar-refractivity contribution < 1.29 is 4.79 Å². The Kier molecular flexibility index (Phi) is 5.12. The molecule has 0 spiro atoms. The standard InChI is InChI=1S/C26H22N6O/c27-18-5-1-17(2-6-18)26(33)30-21-9-3-16(4-10-21)25-31-23-14-13-22(15-24(23)32-25)29-20-11-7-19(28)8-12-20/h1-15,29H,27-28H2,(H,30,33)(H,31,32). The third-order valence-electron chi connectivity index (χ3n) is 5.27. The third-order valence-corrected chi connectivity index (χ3v) is 5.27. The molecule has 0 atom stereocenters. The maximum Gasteiger partial charge on any atom is 0.255 e. The van der Waals surface area contributed by atoms with E-state index >= 15 is 0 Å². The van der Waals surface area contributed by atoms with Crippen LogP contribution in [0.25, 0.3) is 22.4 Å². The Morgan fingerprint density at radius 2 is 1.33 bits per heavy atom. The lowest BCUT2D eigenvalue weighted by Crippen LogP contribution is -2.11. The van der Waals surface area contributed by atoms with Gasteiger partial charge in [-0.3, -0.25) is 4.79 Å².